The van der Waals surface area contributed by atoms with Crippen molar-refractivity contribution >= 4 is 78.1 Å². The van der Waals surface area contributed by atoms with E-state index in [1.807, 2.05) is 6.07 Å². The number of nitrogens with zero attached hydrogens (tertiary/aromatic N) is 1. The number of carbonyl (C=O) groups excluding carboxylic acids is 1. The van der Waals surface area contributed by atoms with Crippen LogP contribution in [0.4, 0.5) is 5.69 Å². The topological polar surface area (TPSA) is 61.7 Å². The van der Waals surface area contributed by atoms with Crippen LogP contribution in [0.5, 0.6) is 5.75 Å². The summed E-state index contributed by atoms with van der Waals surface area (Å²) in [5, 5.41) is 13.5. The summed E-state index contributed by atoms with van der Waals surface area (Å²) in [6, 6.07) is 10.5. The van der Waals surface area contributed by atoms with Crippen LogP contribution in [0.1, 0.15) is 5.56 Å². The molecule has 8 heteroatoms. The third-order valence-corrected chi connectivity index (χ3v) is 5.38. The van der Waals surface area contributed by atoms with Gasteiger partial charge in [0.2, 0.25) is 0 Å². The molecule has 0 bridgehead atoms. The Bertz CT molecular complexity index is 876. The molecule has 0 radical (unpaired) electrons. The van der Waals surface area contributed by atoms with E-state index in [2.05, 4.69) is 42.2 Å². The highest BCUT2D eigenvalue weighted by molar-refractivity contribution is 9.11. The van der Waals surface area contributed by atoms with Gasteiger partial charge in [-0.25, -0.2) is 4.99 Å². The summed E-state index contributed by atoms with van der Waals surface area (Å²) in [6.07, 6.45) is 1.73. The molecule has 0 spiro atoms. The monoisotopic (exact) mass is 486 g/mol. The Kier molecular flexibility index (Phi) is 5.34. The number of phenolic OH excluding ortho intramolecular Hbond substituents is 1. The average molecular weight is 489 g/mol. The summed E-state index contributed by atoms with van der Waals surface area (Å²) in [4.78, 5) is 17.0. The lowest BCUT2D eigenvalue weighted by Crippen LogP contribution is -2.19. The van der Waals surface area contributed by atoms with Gasteiger partial charge in [0.05, 0.1) is 19.5 Å². The van der Waals surface area contributed by atoms with Crippen molar-refractivity contribution in [2.24, 2.45) is 4.99 Å². The van der Waals surface area contributed by atoms with E-state index < -0.39 is 0 Å². The Hall–Kier alpha value is -1.28. The molecular formula is C16H9Br2ClN2O2S. The molecule has 1 heterocycles. The molecule has 1 fully saturated rings. The molecule has 1 aliphatic rings. The Morgan fingerprint density at radius 1 is 1.21 bits per heavy atom. The molecular weight excluding hydrogens is 480 g/mol. The van der Waals surface area contributed by atoms with E-state index in [1.165, 1.54) is 11.8 Å². The maximum Gasteiger partial charge on any atom is 0.264 e. The normalized spacial score (nSPS) is 17.5. The third-order valence-electron chi connectivity index (χ3n) is 3.03. The summed E-state index contributed by atoms with van der Waals surface area (Å²) in [6.45, 7) is 0. The minimum absolute atomic E-state index is 0.115. The second-order valence-electron chi connectivity index (χ2n) is 4.79. The van der Waals surface area contributed by atoms with Crippen LogP contribution in [0.25, 0.3) is 6.08 Å². The van der Waals surface area contributed by atoms with E-state index in [1.54, 1.807) is 36.4 Å². The zero-order valence-corrected chi connectivity index (χ0v) is 16.6. The Labute approximate surface area is 164 Å². The highest BCUT2D eigenvalue weighted by Crippen LogP contribution is 2.35. The summed E-state index contributed by atoms with van der Waals surface area (Å²) in [7, 11) is 0. The lowest BCUT2D eigenvalue weighted by Gasteiger charge is -2.02. The van der Waals surface area contributed by atoms with Crippen LogP contribution >= 0.6 is 55.2 Å². The number of halogens is 3. The van der Waals surface area contributed by atoms with Crippen LogP contribution in [0.3, 0.4) is 0 Å². The molecule has 2 aromatic carbocycles. The summed E-state index contributed by atoms with van der Waals surface area (Å²) in [5.41, 5.74) is 1.44. The van der Waals surface area contributed by atoms with Crippen molar-refractivity contribution < 1.29 is 9.90 Å². The number of aliphatic imine (C=N–C) groups is 1. The first kappa shape index (κ1) is 17.5. The number of benzene rings is 2. The van der Waals surface area contributed by atoms with Crippen molar-refractivity contribution in [3.05, 3.63) is 60.8 Å². The van der Waals surface area contributed by atoms with Crippen LogP contribution in [-0.2, 0) is 4.79 Å². The molecule has 0 atom stereocenters. The van der Waals surface area contributed by atoms with Crippen molar-refractivity contribution in [1.29, 1.82) is 0 Å². The van der Waals surface area contributed by atoms with Crippen LogP contribution in [0.15, 0.2) is 55.2 Å². The molecule has 0 aliphatic carbocycles. The zero-order valence-electron chi connectivity index (χ0n) is 11.9. The molecule has 4 nitrogen and oxygen atoms in total. The molecule has 2 N–H and O–H groups in total. The van der Waals surface area contributed by atoms with Crippen molar-refractivity contribution in [1.82, 2.24) is 5.32 Å². The fourth-order valence-corrected chi connectivity index (χ4v) is 4.21. The van der Waals surface area contributed by atoms with Crippen molar-refractivity contribution in [2.75, 3.05) is 0 Å². The maximum atomic E-state index is 12.1. The van der Waals surface area contributed by atoms with E-state index in [0.29, 0.717) is 29.7 Å². The number of amidine groups is 1. The molecule has 24 heavy (non-hydrogen) atoms. The first-order valence-electron chi connectivity index (χ1n) is 6.65. The average Bonchev–Trinajstić information content (AvgIpc) is 2.84. The van der Waals surface area contributed by atoms with E-state index in [-0.39, 0.29) is 11.7 Å². The quantitative estimate of drug-likeness (QED) is 0.552. The molecule has 0 unspecified atom stereocenters. The second-order valence-corrected chi connectivity index (χ2v) is 7.97. The smallest absolute Gasteiger partial charge is 0.264 e. The molecule has 122 valence electrons. The number of amides is 1. The molecule has 0 saturated carbocycles. The predicted octanol–water partition coefficient (Wildman–Crippen LogP) is 5.46. The van der Waals surface area contributed by atoms with Gasteiger partial charge in [-0.3, -0.25) is 4.79 Å². The molecule has 1 saturated heterocycles. The number of thioether (sulfide) groups is 1. The zero-order chi connectivity index (χ0) is 17.3. The lowest BCUT2D eigenvalue weighted by molar-refractivity contribution is -0.115. The highest BCUT2D eigenvalue weighted by atomic mass is 79.9. The van der Waals surface area contributed by atoms with Crippen molar-refractivity contribution in [2.45, 2.75) is 0 Å². The van der Waals surface area contributed by atoms with Gasteiger partial charge >= 0.3 is 0 Å². The van der Waals surface area contributed by atoms with E-state index in [9.17, 15) is 9.90 Å². The van der Waals surface area contributed by atoms with Gasteiger partial charge in [-0.1, -0.05) is 17.7 Å². The van der Waals surface area contributed by atoms with E-state index in [0.717, 1.165) is 5.56 Å². The summed E-state index contributed by atoms with van der Waals surface area (Å²) < 4.78 is 1.08. The number of hydrogen-bond donors (Lipinski definition) is 2. The van der Waals surface area contributed by atoms with Crippen LogP contribution in [0, 0.1) is 0 Å². The first-order valence-corrected chi connectivity index (χ1v) is 9.43. The van der Waals surface area contributed by atoms with Gasteiger partial charge in [-0.2, -0.15) is 0 Å². The van der Waals surface area contributed by atoms with Gasteiger partial charge < -0.3 is 10.4 Å². The Morgan fingerprint density at radius 2 is 1.92 bits per heavy atom. The van der Waals surface area contributed by atoms with Gasteiger partial charge in [0.1, 0.15) is 5.75 Å². The number of phenols is 1. The van der Waals surface area contributed by atoms with Gasteiger partial charge in [0, 0.05) is 5.02 Å². The van der Waals surface area contributed by atoms with Crippen LogP contribution in [0.2, 0.25) is 5.02 Å². The highest BCUT2D eigenvalue weighted by Gasteiger charge is 2.24. The van der Waals surface area contributed by atoms with Gasteiger partial charge in [0.25, 0.3) is 5.91 Å². The third kappa shape index (κ3) is 4.03. The lowest BCUT2D eigenvalue weighted by atomic mass is 10.2. The minimum Gasteiger partial charge on any atom is -0.506 e. The number of aromatic hydroxyl groups is 1. The molecule has 3 rings (SSSR count). The number of hydrogen-bond acceptors (Lipinski definition) is 4. The number of nitrogens with one attached hydrogen (secondary N) is 1. The minimum atomic E-state index is -0.221. The molecule has 1 aliphatic heterocycles. The predicted molar refractivity (Wildman–Crippen MR) is 106 cm³/mol. The van der Waals surface area contributed by atoms with Gasteiger partial charge in [-0.15, -0.1) is 0 Å². The fraction of sp³-hybridized carbons (Fsp3) is 0. The first-order chi connectivity index (χ1) is 11.4. The van der Waals surface area contributed by atoms with Crippen LogP contribution < -0.4 is 5.32 Å². The van der Waals surface area contributed by atoms with Crippen LogP contribution in [-0.4, -0.2) is 16.2 Å². The Morgan fingerprint density at radius 3 is 2.58 bits per heavy atom. The standard InChI is InChI=1S/C16H9Br2ClN2O2S/c17-11-4-8(5-12(18)14(11)22)6-13-15(23)21-16(24-13)20-10-3-1-2-9(19)7-10/h1-7,22H,(H,20,21,23)/b13-6+. The van der Waals surface area contributed by atoms with E-state index >= 15 is 0 Å². The molecule has 2 aromatic rings. The fourth-order valence-electron chi connectivity index (χ4n) is 1.96. The largest absolute Gasteiger partial charge is 0.506 e. The molecule has 1 amide bonds. The van der Waals surface area contributed by atoms with Crippen molar-refractivity contribution in [3.8, 4) is 5.75 Å². The summed E-state index contributed by atoms with van der Waals surface area (Å²) in [5.74, 6) is -0.106. The van der Waals surface area contributed by atoms with Gasteiger partial charge in [-0.05, 0) is 85.6 Å². The van der Waals surface area contributed by atoms with E-state index in [4.69, 9.17) is 11.6 Å². The maximum absolute atomic E-state index is 12.1. The number of carbonyl (C=O) groups is 1. The number of rotatable bonds is 2. The van der Waals surface area contributed by atoms with Crippen molar-refractivity contribution in [3.63, 3.8) is 0 Å². The summed E-state index contributed by atoms with van der Waals surface area (Å²) >= 11 is 13.7. The van der Waals surface area contributed by atoms with Gasteiger partial charge in [0.15, 0.2) is 5.17 Å². The second kappa shape index (κ2) is 7.31. The Balaban J connectivity index is 1.87. The molecule has 0 aromatic heterocycles. The SMILES string of the molecule is O=C1NC(=Nc2cccc(Cl)c2)S/C1=C/c1cc(Br)c(O)c(Br)c1.